The normalized spacial score (nSPS) is 12.2. The van der Waals surface area contributed by atoms with Gasteiger partial charge in [-0.3, -0.25) is 4.79 Å². The van der Waals surface area contributed by atoms with Crippen molar-refractivity contribution >= 4 is 21.7 Å². The SMILES string of the molecule is CCCC(C)CC(=O)c1ccc(Br)cc1OC. The van der Waals surface area contributed by atoms with Gasteiger partial charge in [0.05, 0.1) is 12.7 Å². The molecule has 1 aromatic carbocycles. The van der Waals surface area contributed by atoms with Crippen LogP contribution in [-0.4, -0.2) is 12.9 Å². The fraction of sp³-hybridized carbons (Fsp3) is 0.500. The molecule has 2 nitrogen and oxygen atoms in total. The zero-order valence-corrected chi connectivity index (χ0v) is 12.2. The Kier molecular flexibility index (Phi) is 5.69. The Morgan fingerprint density at radius 3 is 2.76 bits per heavy atom. The third kappa shape index (κ3) is 4.15. The van der Waals surface area contributed by atoms with Crippen molar-refractivity contribution in [2.45, 2.75) is 33.1 Å². The van der Waals surface area contributed by atoms with Crippen LogP contribution in [0.1, 0.15) is 43.5 Å². The van der Waals surface area contributed by atoms with Gasteiger partial charge in [0.1, 0.15) is 5.75 Å². The van der Waals surface area contributed by atoms with Crippen LogP contribution in [0.4, 0.5) is 0 Å². The van der Waals surface area contributed by atoms with Crippen molar-refractivity contribution in [3.8, 4) is 5.75 Å². The second-order valence-corrected chi connectivity index (χ2v) is 5.28. The Labute approximate surface area is 111 Å². The Bertz CT molecular complexity index is 388. The van der Waals surface area contributed by atoms with Crippen LogP contribution in [0, 0.1) is 5.92 Å². The van der Waals surface area contributed by atoms with Crippen molar-refractivity contribution in [2.24, 2.45) is 5.92 Å². The number of hydrogen-bond donors (Lipinski definition) is 0. The first-order valence-corrected chi connectivity index (χ1v) is 6.74. The number of benzene rings is 1. The molecule has 0 radical (unpaired) electrons. The van der Waals surface area contributed by atoms with Crippen LogP contribution < -0.4 is 4.74 Å². The third-order valence-corrected chi connectivity index (χ3v) is 3.27. The highest BCUT2D eigenvalue weighted by Gasteiger charge is 2.15. The first kappa shape index (κ1) is 14.2. The Hall–Kier alpha value is -0.830. The zero-order valence-electron chi connectivity index (χ0n) is 10.6. The van der Waals surface area contributed by atoms with Crippen LogP contribution in [-0.2, 0) is 0 Å². The number of methoxy groups -OCH3 is 1. The molecule has 0 aliphatic rings. The number of Topliss-reactive ketones (excluding diaryl/α,β-unsaturated/α-hetero) is 1. The molecule has 0 N–H and O–H groups in total. The fourth-order valence-corrected chi connectivity index (χ4v) is 2.26. The second-order valence-electron chi connectivity index (χ2n) is 4.37. The first-order chi connectivity index (χ1) is 8.08. The summed E-state index contributed by atoms with van der Waals surface area (Å²) in [5, 5.41) is 0. The van der Waals surface area contributed by atoms with Crippen molar-refractivity contribution < 1.29 is 9.53 Å². The van der Waals surface area contributed by atoms with Gasteiger partial charge in [-0.1, -0.05) is 42.6 Å². The van der Waals surface area contributed by atoms with E-state index in [1.165, 1.54) is 0 Å². The van der Waals surface area contributed by atoms with Crippen molar-refractivity contribution in [3.05, 3.63) is 28.2 Å². The standard InChI is InChI=1S/C14H19BrO2/c1-4-5-10(2)8-13(16)12-7-6-11(15)9-14(12)17-3/h6-7,9-10H,4-5,8H2,1-3H3. The lowest BCUT2D eigenvalue weighted by molar-refractivity contribution is 0.0959. The fourth-order valence-electron chi connectivity index (χ4n) is 1.92. The number of rotatable bonds is 6. The van der Waals surface area contributed by atoms with E-state index in [1.807, 2.05) is 18.2 Å². The van der Waals surface area contributed by atoms with Crippen LogP contribution in [0.3, 0.4) is 0 Å². The van der Waals surface area contributed by atoms with E-state index in [4.69, 9.17) is 4.74 Å². The molecule has 1 rings (SSSR count). The average molecular weight is 299 g/mol. The predicted octanol–water partition coefficient (Wildman–Crippen LogP) is 4.47. The van der Waals surface area contributed by atoms with E-state index in [0.717, 1.165) is 17.3 Å². The van der Waals surface area contributed by atoms with Crippen molar-refractivity contribution in [1.29, 1.82) is 0 Å². The van der Waals surface area contributed by atoms with E-state index in [0.29, 0.717) is 23.7 Å². The van der Waals surface area contributed by atoms with Gasteiger partial charge in [-0.05, 0) is 24.1 Å². The smallest absolute Gasteiger partial charge is 0.166 e. The van der Waals surface area contributed by atoms with E-state index in [9.17, 15) is 4.79 Å². The number of hydrogen-bond acceptors (Lipinski definition) is 2. The number of ketones is 1. The van der Waals surface area contributed by atoms with Crippen molar-refractivity contribution in [2.75, 3.05) is 7.11 Å². The molecule has 0 heterocycles. The van der Waals surface area contributed by atoms with Gasteiger partial charge in [0, 0.05) is 10.9 Å². The number of ether oxygens (including phenoxy) is 1. The largest absolute Gasteiger partial charge is 0.496 e. The Balaban J connectivity index is 2.81. The Morgan fingerprint density at radius 2 is 2.18 bits per heavy atom. The summed E-state index contributed by atoms with van der Waals surface area (Å²) < 4.78 is 6.16. The maximum atomic E-state index is 12.1. The molecular weight excluding hydrogens is 280 g/mol. The van der Waals surface area contributed by atoms with Gasteiger partial charge in [-0.25, -0.2) is 0 Å². The minimum absolute atomic E-state index is 0.162. The van der Waals surface area contributed by atoms with Gasteiger partial charge in [0.25, 0.3) is 0 Å². The van der Waals surface area contributed by atoms with E-state index >= 15 is 0 Å². The van der Waals surface area contributed by atoms with Crippen LogP contribution >= 0.6 is 15.9 Å². The minimum Gasteiger partial charge on any atom is -0.496 e. The van der Waals surface area contributed by atoms with Crippen molar-refractivity contribution in [3.63, 3.8) is 0 Å². The van der Waals surface area contributed by atoms with Gasteiger partial charge in [0.15, 0.2) is 5.78 Å². The topological polar surface area (TPSA) is 26.3 Å². The zero-order chi connectivity index (χ0) is 12.8. The van der Waals surface area contributed by atoms with Crippen LogP contribution in [0.2, 0.25) is 0 Å². The van der Waals surface area contributed by atoms with Gasteiger partial charge in [-0.15, -0.1) is 0 Å². The lowest BCUT2D eigenvalue weighted by atomic mass is 9.96. The molecule has 0 amide bonds. The summed E-state index contributed by atoms with van der Waals surface area (Å²) in [6.45, 7) is 4.26. The summed E-state index contributed by atoms with van der Waals surface area (Å²) in [4.78, 5) is 12.1. The quantitative estimate of drug-likeness (QED) is 0.725. The molecule has 1 unspecified atom stereocenters. The highest BCUT2D eigenvalue weighted by Crippen LogP contribution is 2.26. The van der Waals surface area contributed by atoms with Crippen LogP contribution in [0.25, 0.3) is 0 Å². The molecule has 0 spiro atoms. The van der Waals surface area contributed by atoms with E-state index in [-0.39, 0.29) is 5.78 Å². The molecule has 0 aliphatic carbocycles. The number of halogens is 1. The van der Waals surface area contributed by atoms with E-state index in [2.05, 4.69) is 29.8 Å². The lowest BCUT2D eigenvalue weighted by Crippen LogP contribution is -2.07. The molecule has 94 valence electrons. The summed E-state index contributed by atoms with van der Waals surface area (Å²) in [6.07, 6.45) is 2.79. The molecule has 0 aromatic heterocycles. The molecular formula is C14H19BrO2. The lowest BCUT2D eigenvalue weighted by Gasteiger charge is -2.11. The minimum atomic E-state index is 0.162. The highest BCUT2D eigenvalue weighted by molar-refractivity contribution is 9.10. The number of carbonyl (C=O) groups excluding carboxylic acids is 1. The summed E-state index contributed by atoms with van der Waals surface area (Å²) in [5.74, 6) is 1.24. The number of carbonyl (C=O) groups is 1. The Morgan fingerprint density at radius 1 is 1.47 bits per heavy atom. The second kappa shape index (κ2) is 6.80. The molecule has 1 aromatic rings. The predicted molar refractivity (Wildman–Crippen MR) is 73.7 cm³/mol. The maximum Gasteiger partial charge on any atom is 0.166 e. The van der Waals surface area contributed by atoms with Gasteiger partial charge in [-0.2, -0.15) is 0 Å². The molecule has 0 bridgehead atoms. The van der Waals surface area contributed by atoms with Gasteiger partial charge < -0.3 is 4.74 Å². The first-order valence-electron chi connectivity index (χ1n) is 5.95. The van der Waals surface area contributed by atoms with Crippen molar-refractivity contribution in [1.82, 2.24) is 0 Å². The summed E-state index contributed by atoms with van der Waals surface area (Å²) in [6, 6.07) is 5.53. The molecule has 0 saturated heterocycles. The van der Waals surface area contributed by atoms with E-state index in [1.54, 1.807) is 7.11 Å². The van der Waals surface area contributed by atoms with Gasteiger partial charge in [0.2, 0.25) is 0 Å². The summed E-state index contributed by atoms with van der Waals surface area (Å²) >= 11 is 3.37. The molecule has 17 heavy (non-hydrogen) atoms. The average Bonchev–Trinajstić information content (AvgIpc) is 2.28. The monoisotopic (exact) mass is 298 g/mol. The molecule has 0 fully saturated rings. The molecule has 0 saturated carbocycles. The molecule has 3 heteroatoms. The maximum absolute atomic E-state index is 12.1. The van der Waals surface area contributed by atoms with E-state index < -0.39 is 0 Å². The summed E-state index contributed by atoms with van der Waals surface area (Å²) in [7, 11) is 1.59. The highest BCUT2D eigenvalue weighted by atomic mass is 79.9. The van der Waals surface area contributed by atoms with Crippen LogP contribution in [0.15, 0.2) is 22.7 Å². The van der Waals surface area contributed by atoms with Crippen LogP contribution in [0.5, 0.6) is 5.75 Å². The van der Waals surface area contributed by atoms with Gasteiger partial charge >= 0.3 is 0 Å². The molecule has 0 aliphatic heterocycles. The summed E-state index contributed by atoms with van der Waals surface area (Å²) in [5.41, 5.74) is 0.679. The third-order valence-electron chi connectivity index (χ3n) is 2.78. The molecule has 1 atom stereocenters.